The standard InChI is InChI=1S/C16H23N3O2/c1-3-14-4-6-15(7-5-14)17-16(21)12-18-8-10-19(11-9-18)13(2)20/h4-7H,3,8-12H2,1-2H3,(H,17,21). The zero-order chi connectivity index (χ0) is 15.2. The smallest absolute Gasteiger partial charge is 0.238 e. The Kier molecular flexibility index (Phi) is 5.33. The maximum absolute atomic E-state index is 12.0. The van der Waals surface area contributed by atoms with Gasteiger partial charge in [-0.3, -0.25) is 14.5 Å². The average Bonchev–Trinajstić information content (AvgIpc) is 2.48. The molecule has 0 aromatic heterocycles. The van der Waals surface area contributed by atoms with Crippen LogP contribution in [0.1, 0.15) is 19.4 Å². The molecule has 2 rings (SSSR count). The number of rotatable bonds is 4. The fraction of sp³-hybridized carbons (Fsp3) is 0.500. The van der Waals surface area contributed by atoms with Crippen LogP contribution >= 0.6 is 0 Å². The van der Waals surface area contributed by atoms with Gasteiger partial charge in [0, 0.05) is 38.8 Å². The molecule has 0 saturated carbocycles. The molecule has 5 heteroatoms. The van der Waals surface area contributed by atoms with E-state index in [0.29, 0.717) is 19.6 Å². The molecule has 1 heterocycles. The molecule has 1 aliphatic heterocycles. The average molecular weight is 289 g/mol. The highest BCUT2D eigenvalue weighted by molar-refractivity contribution is 5.92. The van der Waals surface area contributed by atoms with Crippen LogP contribution in [0.15, 0.2) is 24.3 Å². The molecule has 114 valence electrons. The SMILES string of the molecule is CCc1ccc(NC(=O)CN2CCN(C(C)=O)CC2)cc1. The summed E-state index contributed by atoms with van der Waals surface area (Å²) >= 11 is 0. The minimum absolute atomic E-state index is 0.00414. The number of aryl methyl sites for hydroxylation is 1. The Morgan fingerprint density at radius 3 is 2.24 bits per heavy atom. The van der Waals surface area contributed by atoms with Gasteiger partial charge in [0.05, 0.1) is 6.54 Å². The Labute approximate surface area is 125 Å². The predicted molar refractivity (Wildman–Crippen MR) is 83.1 cm³/mol. The van der Waals surface area contributed by atoms with E-state index in [1.165, 1.54) is 5.56 Å². The molecule has 1 aliphatic rings. The summed E-state index contributed by atoms with van der Waals surface area (Å²) in [6, 6.07) is 7.93. The van der Waals surface area contributed by atoms with Gasteiger partial charge in [-0.05, 0) is 24.1 Å². The molecule has 21 heavy (non-hydrogen) atoms. The zero-order valence-electron chi connectivity index (χ0n) is 12.8. The van der Waals surface area contributed by atoms with E-state index in [2.05, 4.69) is 17.1 Å². The van der Waals surface area contributed by atoms with Crippen LogP contribution in [-0.4, -0.2) is 54.3 Å². The first-order valence-corrected chi connectivity index (χ1v) is 7.45. The topological polar surface area (TPSA) is 52.7 Å². The van der Waals surface area contributed by atoms with Gasteiger partial charge in [-0.1, -0.05) is 19.1 Å². The number of anilines is 1. The number of nitrogens with one attached hydrogen (secondary N) is 1. The Morgan fingerprint density at radius 2 is 1.71 bits per heavy atom. The van der Waals surface area contributed by atoms with Gasteiger partial charge in [0.15, 0.2) is 0 Å². The number of hydrogen-bond donors (Lipinski definition) is 1. The zero-order valence-corrected chi connectivity index (χ0v) is 12.8. The molecular weight excluding hydrogens is 266 g/mol. The maximum atomic E-state index is 12.0. The van der Waals surface area contributed by atoms with Gasteiger partial charge < -0.3 is 10.2 Å². The fourth-order valence-corrected chi connectivity index (χ4v) is 2.45. The molecule has 0 aliphatic carbocycles. The summed E-state index contributed by atoms with van der Waals surface area (Å²) in [5, 5.41) is 2.91. The third-order valence-corrected chi connectivity index (χ3v) is 3.83. The molecule has 1 aromatic carbocycles. The van der Waals surface area contributed by atoms with Crippen molar-refractivity contribution in [2.24, 2.45) is 0 Å². The number of amides is 2. The van der Waals surface area contributed by atoms with Crippen LogP contribution < -0.4 is 5.32 Å². The van der Waals surface area contributed by atoms with E-state index in [0.717, 1.165) is 25.2 Å². The van der Waals surface area contributed by atoms with Crippen molar-refractivity contribution in [2.45, 2.75) is 20.3 Å². The van der Waals surface area contributed by atoms with Gasteiger partial charge in [-0.2, -0.15) is 0 Å². The quantitative estimate of drug-likeness (QED) is 0.910. The van der Waals surface area contributed by atoms with Crippen LogP contribution in [0.2, 0.25) is 0 Å². The first kappa shape index (κ1) is 15.5. The number of carbonyl (C=O) groups is 2. The summed E-state index contributed by atoms with van der Waals surface area (Å²) < 4.78 is 0. The van der Waals surface area contributed by atoms with E-state index >= 15 is 0 Å². The lowest BCUT2D eigenvalue weighted by Crippen LogP contribution is -2.49. The number of hydrogen-bond acceptors (Lipinski definition) is 3. The maximum Gasteiger partial charge on any atom is 0.238 e. The van der Waals surface area contributed by atoms with Crippen molar-refractivity contribution in [3.8, 4) is 0 Å². The van der Waals surface area contributed by atoms with Gasteiger partial charge in [-0.25, -0.2) is 0 Å². The Bertz CT molecular complexity index is 491. The van der Waals surface area contributed by atoms with Crippen molar-refractivity contribution in [2.75, 3.05) is 38.0 Å². The molecule has 1 aromatic rings. The van der Waals surface area contributed by atoms with Crippen LogP contribution in [0, 0.1) is 0 Å². The van der Waals surface area contributed by atoms with Crippen molar-refractivity contribution in [1.29, 1.82) is 0 Å². The van der Waals surface area contributed by atoms with Crippen LogP contribution in [0.4, 0.5) is 5.69 Å². The molecule has 0 unspecified atom stereocenters. The lowest BCUT2D eigenvalue weighted by Gasteiger charge is -2.33. The summed E-state index contributed by atoms with van der Waals surface area (Å²) in [6.07, 6.45) is 0.995. The second kappa shape index (κ2) is 7.22. The van der Waals surface area contributed by atoms with Gasteiger partial charge >= 0.3 is 0 Å². The third kappa shape index (κ3) is 4.56. The first-order valence-electron chi connectivity index (χ1n) is 7.45. The van der Waals surface area contributed by atoms with E-state index in [1.54, 1.807) is 6.92 Å². The number of piperazine rings is 1. The summed E-state index contributed by atoms with van der Waals surface area (Å²) in [5.74, 6) is 0.102. The molecule has 0 bridgehead atoms. The highest BCUT2D eigenvalue weighted by Crippen LogP contribution is 2.10. The molecule has 0 atom stereocenters. The van der Waals surface area contributed by atoms with E-state index in [4.69, 9.17) is 0 Å². The monoisotopic (exact) mass is 289 g/mol. The van der Waals surface area contributed by atoms with Crippen LogP contribution in [0.25, 0.3) is 0 Å². The van der Waals surface area contributed by atoms with E-state index in [9.17, 15) is 9.59 Å². The molecule has 1 N–H and O–H groups in total. The molecule has 5 nitrogen and oxygen atoms in total. The van der Waals surface area contributed by atoms with Gasteiger partial charge in [0.25, 0.3) is 0 Å². The molecule has 2 amide bonds. The normalized spacial score (nSPS) is 15.8. The summed E-state index contributed by atoms with van der Waals surface area (Å²) in [6.45, 7) is 6.98. The molecule has 0 radical (unpaired) electrons. The molecule has 1 fully saturated rings. The van der Waals surface area contributed by atoms with Gasteiger partial charge in [-0.15, -0.1) is 0 Å². The second-order valence-corrected chi connectivity index (χ2v) is 5.38. The van der Waals surface area contributed by atoms with Crippen LogP contribution in [0.5, 0.6) is 0 Å². The van der Waals surface area contributed by atoms with Gasteiger partial charge in [0.1, 0.15) is 0 Å². The minimum atomic E-state index is -0.00414. The first-order chi connectivity index (χ1) is 10.1. The van der Waals surface area contributed by atoms with Crippen molar-refractivity contribution in [1.82, 2.24) is 9.80 Å². The van der Waals surface area contributed by atoms with Crippen molar-refractivity contribution in [3.63, 3.8) is 0 Å². The van der Waals surface area contributed by atoms with Crippen LogP contribution in [-0.2, 0) is 16.0 Å². The third-order valence-electron chi connectivity index (χ3n) is 3.83. The van der Waals surface area contributed by atoms with E-state index < -0.39 is 0 Å². The Hall–Kier alpha value is -1.88. The Balaban J connectivity index is 1.78. The summed E-state index contributed by atoms with van der Waals surface area (Å²) in [7, 11) is 0. The molecular formula is C16H23N3O2. The molecule has 1 saturated heterocycles. The summed E-state index contributed by atoms with van der Waals surface area (Å²) in [4.78, 5) is 27.2. The highest BCUT2D eigenvalue weighted by atomic mass is 16.2. The largest absolute Gasteiger partial charge is 0.340 e. The Morgan fingerprint density at radius 1 is 1.10 bits per heavy atom. The number of nitrogens with zero attached hydrogens (tertiary/aromatic N) is 2. The van der Waals surface area contributed by atoms with E-state index in [1.807, 2.05) is 29.2 Å². The number of benzene rings is 1. The van der Waals surface area contributed by atoms with E-state index in [-0.39, 0.29) is 11.8 Å². The van der Waals surface area contributed by atoms with Crippen molar-refractivity contribution >= 4 is 17.5 Å². The summed E-state index contributed by atoms with van der Waals surface area (Å²) in [5.41, 5.74) is 2.09. The predicted octanol–water partition coefficient (Wildman–Crippen LogP) is 1.35. The van der Waals surface area contributed by atoms with Crippen molar-refractivity contribution < 1.29 is 9.59 Å². The van der Waals surface area contributed by atoms with Crippen LogP contribution in [0.3, 0.4) is 0 Å². The minimum Gasteiger partial charge on any atom is -0.340 e. The fourth-order valence-electron chi connectivity index (χ4n) is 2.45. The molecule has 0 spiro atoms. The van der Waals surface area contributed by atoms with Gasteiger partial charge in [0.2, 0.25) is 11.8 Å². The highest BCUT2D eigenvalue weighted by Gasteiger charge is 2.20. The number of carbonyl (C=O) groups excluding carboxylic acids is 2. The lowest BCUT2D eigenvalue weighted by atomic mass is 10.1. The second-order valence-electron chi connectivity index (χ2n) is 5.38. The lowest BCUT2D eigenvalue weighted by molar-refractivity contribution is -0.130. The van der Waals surface area contributed by atoms with Crippen molar-refractivity contribution in [3.05, 3.63) is 29.8 Å².